The maximum Gasteiger partial charge on any atom is 0.304 e. The van der Waals surface area contributed by atoms with E-state index < -0.39 is 11.4 Å². The third-order valence-corrected chi connectivity index (χ3v) is 3.25. The zero-order valence-corrected chi connectivity index (χ0v) is 10.7. The second-order valence-electron chi connectivity index (χ2n) is 3.84. The van der Waals surface area contributed by atoms with Crippen LogP contribution in [0.1, 0.15) is 18.9 Å². The van der Waals surface area contributed by atoms with Crippen LogP contribution in [0.15, 0.2) is 24.3 Å². The van der Waals surface area contributed by atoms with Crippen molar-refractivity contribution in [2.75, 3.05) is 6.54 Å². The molecule has 3 N–H and O–H groups in total. The van der Waals surface area contributed by atoms with Gasteiger partial charge in [-0.15, -0.1) is 0 Å². The van der Waals surface area contributed by atoms with E-state index in [2.05, 4.69) is 22.6 Å². The van der Waals surface area contributed by atoms with Crippen molar-refractivity contribution >= 4 is 28.6 Å². The van der Waals surface area contributed by atoms with E-state index in [-0.39, 0.29) is 6.42 Å². The zero-order valence-electron chi connectivity index (χ0n) is 8.53. The van der Waals surface area contributed by atoms with E-state index >= 15 is 0 Å². The third-order valence-electron chi connectivity index (χ3n) is 2.53. The summed E-state index contributed by atoms with van der Waals surface area (Å²) in [5.41, 5.74) is 6.16. The summed E-state index contributed by atoms with van der Waals surface area (Å²) in [6, 6.07) is 7.81. The van der Waals surface area contributed by atoms with Gasteiger partial charge in [0.2, 0.25) is 0 Å². The molecule has 1 unspecified atom stereocenters. The summed E-state index contributed by atoms with van der Waals surface area (Å²) in [4.78, 5) is 10.8. The van der Waals surface area contributed by atoms with E-state index in [0.717, 1.165) is 9.13 Å². The van der Waals surface area contributed by atoms with Gasteiger partial charge in [-0.25, -0.2) is 0 Å². The van der Waals surface area contributed by atoms with Crippen molar-refractivity contribution in [1.29, 1.82) is 0 Å². The minimum Gasteiger partial charge on any atom is -0.481 e. The van der Waals surface area contributed by atoms with E-state index in [9.17, 15) is 4.79 Å². The number of carboxylic acid groups (broad SMARTS) is 1. The average Bonchev–Trinajstić information content (AvgIpc) is 2.17. The molecular weight excluding hydrogens is 305 g/mol. The quantitative estimate of drug-likeness (QED) is 0.834. The normalized spacial score (nSPS) is 14.6. The summed E-state index contributed by atoms with van der Waals surface area (Å²) in [5, 5.41) is 8.84. The molecule has 4 heteroatoms. The molecule has 0 fully saturated rings. The van der Waals surface area contributed by atoms with Crippen LogP contribution in [0.3, 0.4) is 0 Å². The van der Waals surface area contributed by atoms with E-state index in [4.69, 9.17) is 10.8 Å². The molecule has 1 aromatic rings. The van der Waals surface area contributed by atoms with Crippen molar-refractivity contribution in [2.45, 2.75) is 18.8 Å². The Hall–Kier alpha value is -0.620. The molecule has 82 valence electrons. The van der Waals surface area contributed by atoms with Crippen LogP contribution in [0.4, 0.5) is 0 Å². The summed E-state index contributed by atoms with van der Waals surface area (Å²) in [5.74, 6) is -0.818. The Kier molecular flexibility index (Phi) is 4.10. The molecule has 0 aliphatic carbocycles. The SMILES string of the molecule is CC(CN)(CC(=O)O)c1ccc(I)cc1. The first-order chi connectivity index (χ1) is 6.98. The van der Waals surface area contributed by atoms with Gasteiger partial charge in [-0.05, 0) is 40.3 Å². The molecule has 0 radical (unpaired) electrons. The molecule has 0 saturated carbocycles. The number of carboxylic acids is 1. The second kappa shape index (κ2) is 4.94. The summed E-state index contributed by atoms with van der Waals surface area (Å²) in [6.45, 7) is 2.21. The molecule has 1 rings (SSSR count). The second-order valence-corrected chi connectivity index (χ2v) is 5.09. The average molecular weight is 319 g/mol. The Morgan fingerprint density at radius 1 is 1.47 bits per heavy atom. The van der Waals surface area contributed by atoms with Crippen molar-refractivity contribution in [1.82, 2.24) is 0 Å². The van der Waals surface area contributed by atoms with Crippen molar-refractivity contribution in [2.24, 2.45) is 5.73 Å². The number of hydrogen-bond donors (Lipinski definition) is 2. The highest BCUT2D eigenvalue weighted by molar-refractivity contribution is 14.1. The number of benzene rings is 1. The molecule has 0 saturated heterocycles. The van der Waals surface area contributed by atoms with Gasteiger partial charge in [0, 0.05) is 15.5 Å². The molecule has 0 aliphatic rings. The Balaban J connectivity index is 3.00. The lowest BCUT2D eigenvalue weighted by Crippen LogP contribution is -2.34. The summed E-state index contributed by atoms with van der Waals surface area (Å²) >= 11 is 2.21. The molecular formula is C11H14INO2. The van der Waals surface area contributed by atoms with Crippen LogP contribution in [-0.2, 0) is 10.2 Å². The third kappa shape index (κ3) is 3.17. The maximum atomic E-state index is 10.8. The maximum absolute atomic E-state index is 10.8. The van der Waals surface area contributed by atoms with Crippen molar-refractivity contribution in [3.63, 3.8) is 0 Å². The summed E-state index contributed by atoms with van der Waals surface area (Å²) in [6.07, 6.45) is 0.0596. The van der Waals surface area contributed by atoms with Crippen LogP contribution in [0, 0.1) is 3.57 Å². The van der Waals surface area contributed by atoms with Crippen LogP contribution >= 0.6 is 22.6 Å². The highest BCUT2D eigenvalue weighted by Crippen LogP contribution is 2.27. The number of hydrogen-bond acceptors (Lipinski definition) is 2. The number of rotatable bonds is 4. The molecule has 0 heterocycles. The van der Waals surface area contributed by atoms with Gasteiger partial charge in [0.1, 0.15) is 0 Å². The zero-order chi connectivity index (χ0) is 11.5. The van der Waals surface area contributed by atoms with Crippen molar-refractivity contribution < 1.29 is 9.90 Å². The molecule has 0 aliphatic heterocycles. The van der Waals surface area contributed by atoms with Gasteiger partial charge in [0.25, 0.3) is 0 Å². The van der Waals surface area contributed by atoms with Gasteiger partial charge in [0.05, 0.1) is 6.42 Å². The first-order valence-corrected chi connectivity index (χ1v) is 5.74. The topological polar surface area (TPSA) is 63.3 Å². The van der Waals surface area contributed by atoms with E-state index in [0.29, 0.717) is 6.54 Å². The highest BCUT2D eigenvalue weighted by Gasteiger charge is 2.27. The fourth-order valence-corrected chi connectivity index (χ4v) is 1.84. The molecule has 0 aromatic heterocycles. The Morgan fingerprint density at radius 2 is 2.00 bits per heavy atom. The van der Waals surface area contributed by atoms with Crippen LogP contribution in [0.5, 0.6) is 0 Å². The molecule has 0 bridgehead atoms. The van der Waals surface area contributed by atoms with Gasteiger partial charge in [-0.1, -0.05) is 19.1 Å². The van der Waals surface area contributed by atoms with Crippen LogP contribution < -0.4 is 5.73 Å². The number of carbonyl (C=O) groups is 1. The van der Waals surface area contributed by atoms with E-state index in [1.54, 1.807) is 0 Å². The minimum atomic E-state index is -0.818. The lowest BCUT2D eigenvalue weighted by atomic mass is 9.80. The predicted octanol–water partition coefficient (Wildman–Crippen LogP) is 1.98. The molecule has 15 heavy (non-hydrogen) atoms. The Labute approximate surface area is 103 Å². The minimum absolute atomic E-state index is 0.0596. The van der Waals surface area contributed by atoms with Gasteiger partial charge < -0.3 is 10.8 Å². The number of nitrogens with two attached hydrogens (primary N) is 1. The van der Waals surface area contributed by atoms with Crippen molar-refractivity contribution in [3.8, 4) is 0 Å². The summed E-state index contributed by atoms with van der Waals surface area (Å²) in [7, 11) is 0. The lowest BCUT2D eigenvalue weighted by Gasteiger charge is -2.26. The van der Waals surface area contributed by atoms with Crippen LogP contribution in [0.2, 0.25) is 0 Å². The van der Waals surface area contributed by atoms with Crippen molar-refractivity contribution in [3.05, 3.63) is 33.4 Å². The molecule has 1 atom stereocenters. The smallest absolute Gasteiger partial charge is 0.304 e. The van der Waals surface area contributed by atoms with E-state index in [1.165, 1.54) is 0 Å². The first-order valence-electron chi connectivity index (χ1n) is 4.66. The first kappa shape index (κ1) is 12.4. The number of aliphatic carboxylic acids is 1. The molecule has 0 spiro atoms. The van der Waals surface area contributed by atoms with Gasteiger partial charge in [0.15, 0.2) is 0 Å². The molecule has 3 nitrogen and oxygen atoms in total. The van der Waals surface area contributed by atoms with Gasteiger partial charge in [-0.2, -0.15) is 0 Å². The monoisotopic (exact) mass is 319 g/mol. The van der Waals surface area contributed by atoms with E-state index in [1.807, 2.05) is 31.2 Å². The largest absolute Gasteiger partial charge is 0.481 e. The number of halogens is 1. The Morgan fingerprint density at radius 3 is 2.40 bits per heavy atom. The molecule has 0 amide bonds. The van der Waals surface area contributed by atoms with Crippen LogP contribution in [0.25, 0.3) is 0 Å². The van der Waals surface area contributed by atoms with Gasteiger partial charge >= 0.3 is 5.97 Å². The standard InChI is InChI=1S/C11H14INO2/c1-11(7-13,6-10(14)15)8-2-4-9(12)5-3-8/h2-5H,6-7,13H2,1H3,(H,14,15). The highest BCUT2D eigenvalue weighted by atomic mass is 127. The predicted molar refractivity (Wildman–Crippen MR) is 67.8 cm³/mol. The fraction of sp³-hybridized carbons (Fsp3) is 0.364. The van der Waals surface area contributed by atoms with Crippen LogP contribution in [-0.4, -0.2) is 17.6 Å². The van der Waals surface area contributed by atoms with Gasteiger partial charge in [-0.3, -0.25) is 4.79 Å². The lowest BCUT2D eigenvalue weighted by molar-refractivity contribution is -0.138. The fourth-order valence-electron chi connectivity index (χ4n) is 1.48. The Bertz CT molecular complexity index is 350. The molecule has 1 aromatic carbocycles. The summed E-state index contributed by atoms with van der Waals surface area (Å²) < 4.78 is 1.13.